The van der Waals surface area contributed by atoms with Crippen LogP contribution in [0.5, 0.6) is 5.75 Å². The van der Waals surface area contributed by atoms with Gasteiger partial charge in [0.1, 0.15) is 5.75 Å². The van der Waals surface area contributed by atoms with Gasteiger partial charge in [-0.05, 0) is 55.3 Å². The molecule has 4 heteroatoms. The average Bonchev–Trinajstić information content (AvgIpc) is 2.50. The quantitative estimate of drug-likeness (QED) is 0.816. The lowest BCUT2D eigenvalue weighted by Crippen LogP contribution is -2.21. The normalized spacial score (nSPS) is 12.2. The zero-order valence-corrected chi connectivity index (χ0v) is 13.7. The maximum absolute atomic E-state index is 6.05. The summed E-state index contributed by atoms with van der Waals surface area (Å²) in [5.74, 6) is 0.894. The van der Waals surface area contributed by atoms with Crippen LogP contribution in [-0.2, 0) is 6.42 Å². The maximum atomic E-state index is 6.05. The van der Waals surface area contributed by atoms with E-state index in [1.165, 1.54) is 5.56 Å². The van der Waals surface area contributed by atoms with Gasteiger partial charge in [0.2, 0.25) is 0 Å². The Kier molecular flexibility index (Phi) is 5.92. The van der Waals surface area contributed by atoms with Crippen LogP contribution in [0.3, 0.4) is 0 Å². The van der Waals surface area contributed by atoms with Crippen molar-refractivity contribution in [3.63, 3.8) is 0 Å². The SMILES string of the molecule is COc1cccc(CCNC(C)c2ccc(Cl)c(Cl)c2)c1. The van der Waals surface area contributed by atoms with Crippen LogP contribution in [0.25, 0.3) is 0 Å². The topological polar surface area (TPSA) is 21.3 Å². The van der Waals surface area contributed by atoms with Crippen LogP contribution in [0.4, 0.5) is 0 Å². The average molecular weight is 324 g/mol. The highest BCUT2D eigenvalue weighted by Crippen LogP contribution is 2.25. The predicted molar refractivity (Wildman–Crippen MR) is 89.6 cm³/mol. The van der Waals surface area contributed by atoms with Crippen molar-refractivity contribution in [2.45, 2.75) is 19.4 Å². The molecule has 1 N–H and O–H groups in total. The van der Waals surface area contributed by atoms with Gasteiger partial charge in [-0.3, -0.25) is 0 Å². The third-order valence-electron chi connectivity index (χ3n) is 3.44. The number of hydrogen-bond donors (Lipinski definition) is 1. The van der Waals surface area contributed by atoms with Crippen molar-refractivity contribution in [2.24, 2.45) is 0 Å². The number of rotatable bonds is 6. The van der Waals surface area contributed by atoms with Crippen LogP contribution >= 0.6 is 23.2 Å². The van der Waals surface area contributed by atoms with Gasteiger partial charge < -0.3 is 10.1 Å². The van der Waals surface area contributed by atoms with E-state index in [0.29, 0.717) is 10.0 Å². The summed E-state index contributed by atoms with van der Waals surface area (Å²) in [6.45, 7) is 3.00. The summed E-state index contributed by atoms with van der Waals surface area (Å²) in [5.41, 5.74) is 2.39. The van der Waals surface area contributed by atoms with Gasteiger partial charge in [-0.1, -0.05) is 41.4 Å². The number of benzene rings is 2. The minimum atomic E-state index is 0.227. The van der Waals surface area contributed by atoms with Gasteiger partial charge in [0, 0.05) is 6.04 Å². The molecule has 0 aliphatic heterocycles. The molecule has 2 nitrogen and oxygen atoms in total. The first kappa shape index (κ1) is 16.2. The van der Waals surface area contributed by atoms with Gasteiger partial charge in [-0.15, -0.1) is 0 Å². The predicted octanol–water partition coefficient (Wildman–Crippen LogP) is 4.90. The number of nitrogens with one attached hydrogen (secondary N) is 1. The first-order valence-corrected chi connectivity index (χ1v) is 7.67. The van der Waals surface area contributed by atoms with E-state index in [-0.39, 0.29) is 6.04 Å². The molecular weight excluding hydrogens is 305 g/mol. The Labute approximate surface area is 136 Å². The lowest BCUT2D eigenvalue weighted by molar-refractivity contribution is 0.414. The number of ether oxygens (including phenoxy) is 1. The third kappa shape index (κ3) is 4.63. The Morgan fingerprint density at radius 2 is 1.90 bits per heavy atom. The van der Waals surface area contributed by atoms with E-state index in [1.807, 2.05) is 30.3 Å². The van der Waals surface area contributed by atoms with E-state index >= 15 is 0 Å². The van der Waals surface area contributed by atoms with Crippen LogP contribution in [-0.4, -0.2) is 13.7 Å². The molecule has 0 saturated carbocycles. The summed E-state index contributed by atoms with van der Waals surface area (Å²) in [5, 5.41) is 4.67. The van der Waals surface area contributed by atoms with Crippen molar-refractivity contribution in [3.05, 3.63) is 63.6 Å². The smallest absolute Gasteiger partial charge is 0.119 e. The molecule has 0 aliphatic carbocycles. The highest BCUT2D eigenvalue weighted by molar-refractivity contribution is 6.42. The van der Waals surface area contributed by atoms with Gasteiger partial charge in [0.05, 0.1) is 17.2 Å². The summed E-state index contributed by atoms with van der Waals surface area (Å²) in [4.78, 5) is 0. The van der Waals surface area contributed by atoms with Gasteiger partial charge in [-0.25, -0.2) is 0 Å². The second-order valence-corrected chi connectivity index (χ2v) is 5.77. The van der Waals surface area contributed by atoms with E-state index in [0.717, 1.165) is 24.3 Å². The summed E-state index contributed by atoms with van der Waals surface area (Å²) < 4.78 is 5.23. The molecule has 112 valence electrons. The number of methoxy groups -OCH3 is 1. The van der Waals surface area contributed by atoms with Crippen molar-refractivity contribution < 1.29 is 4.74 Å². The Balaban J connectivity index is 1.88. The van der Waals surface area contributed by atoms with Gasteiger partial charge in [-0.2, -0.15) is 0 Å². The molecule has 2 aromatic carbocycles. The fraction of sp³-hybridized carbons (Fsp3) is 0.294. The second-order valence-electron chi connectivity index (χ2n) is 4.95. The van der Waals surface area contributed by atoms with Crippen molar-refractivity contribution in [1.29, 1.82) is 0 Å². The summed E-state index contributed by atoms with van der Waals surface area (Å²) in [6.07, 6.45) is 0.947. The molecule has 21 heavy (non-hydrogen) atoms. The maximum Gasteiger partial charge on any atom is 0.119 e. The van der Waals surface area contributed by atoms with Crippen molar-refractivity contribution >= 4 is 23.2 Å². The molecule has 2 rings (SSSR count). The summed E-state index contributed by atoms with van der Waals surface area (Å²) in [7, 11) is 1.68. The van der Waals surface area contributed by atoms with E-state index in [9.17, 15) is 0 Å². The molecule has 0 radical (unpaired) electrons. The first-order valence-electron chi connectivity index (χ1n) is 6.91. The van der Waals surface area contributed by atoms with Crippen molar-refractivity contribution in [3.8, 4) is 5.75 Å². The summed E-state index contributed by atoms with van der Waals surface area (Å²) >= 11 is 12.0. The second kappa shape index (κ2) is 7.69. The van der Waals surface area contributed by atoms with Crippen LogP contribution in [0.15, 0.2) is 42.5 Å². The molecule has 1 atom stereocenters. The van der Waals surface area contributed by atoms with Gasteiger partial charge in [0.25, 0.3) is 0 Å². The van der Waals surface area contributed by atoms with Crippen LogP contribution in [0.1, 0.15) is 24.1 Å². The lowest BCUT2D eigenvalue weighted by Gasteiger charge is -2.15. The Bertz CT molecular complexity index is 601. The zero-order chi connectivity index (χ0) is 15.2. The van der Waals surface area contributed by atoms with Crippen molar-refractivity contribution in [2.75, 3.05) is 13.7 Å². The van der Waals surface area contributed by atoms with E-state index in [4.69, 9.17) is 27.9 Å². The highest BCUT2D eigenvalue weighted by Gasteiger charge is 2.07. The molecule has 0 aromatic heterocycles. The largest absolute Gasteiger partial charge is 0.497 e. The first-order chi connectivity index (χ1) is 10.1. The van der Waals surface area contributed by atoms with Crippen LogP contribution < -0.4 is 10.1 Å². The molecule has 0 amide bonds. The fourth-order valence-electron chi connectivity index (χ4n) is 2.16. The lowest BCUT2D eigenvalue weighted by atomic mass is 10.1. The fourth-order valence-corrected chi connectivity index (χ4v) is 2.47. The molecule has 0 saturated heterocycles. The van der Waals surface area contributed by atoms with E-state index in [1.54, 1.807) is 7.11 Å². The minimum Gasteiger partial charge on any atom is -0.497 e. The van der Waals surface area contributed by atoms with E-state index in [2.05, 4.69) is 24.4 Å². The van der Waals surface area contributed by atoms with Gasteiger partial charge >= 0.3 is 0 Å². The third-order valence-corrected chi connectivity index (χ3v) is 4.18. The molecule has 0 aliphatic rings. The molecule has 2 aromatic rings. The van der Waals surface area contributed by atoms with E-state index < -0.39 is 0 Å². The van der Waals surface area contributed by atoms with Gasteiger partial charge in [0.15, 0.2) is 0 Å². The van der Waals surface area contributed by atoms with Crippen LogP contribution in [0, 0.1) is 0 Å². The highest BCUT2D eigenvalue weighted by atomic mass is 35.5. The number of hydrogen-bond acceptors (Lipinski definition) is 2. The number of halogens is 2. The summed E-state index contributed by atoms with van der Waals surface area (Å²) in [6, 6.07) is 14.1. The Morgan fingerprint density at radius 3 is 2.62 bits per heavy atom. The zero-order valence-electron chi connectivity index (χ0n) is 12.2. The minimum absolute atomic E-state index is 0.227. The Hall–Kier alpha value is -1.22. The van der Waals surface area contributed by atoms with Crippen LogP contribution in [0.2, 0.25) is 10.0 Å². The standard InChI is InChI=1S/C17H19Cl2NO/c1-12(14-6-7-16(18)17(19)11-14)20-9-8-13-4-3-5-15(10-13)21-2/h3-7,10-12,20H,8-9H2,1-2H3. The molecule has 0 spiro atoms. The van der Waals surface area contributed by atoms with Crippen molar-refractivity contribution in [1.82, 2.24) is 5.32 Å². The molecule has 0 fully saturated rings. The molecule has 0 bridgehead atoms. The monoisotopic (exact) mass is 323 g/mol. The molecule has 0 heterocycles. The Morgan fingerprint density at radius 1 is 1.10 bits per heavy atom. The molecular formula is C17H19Cl2NO. The molecule has 1 unspecified atom stereocenters.